The minimum absolute atomic E-state index is 0.315. The zero-order valence-electron chi connectivity index (χ0n) is 19.1. The van der Waals surface area contributed by atoms with Crippen LogP contribution in [0.1, 0.15) is 43.2 Å². The maximum atomic E-state index is 10.8. The van der Waals surface area contributed by atoms with Crippen molar-refractivity contribution in [1.29, 1.82) is 0 Å². The monoisotopic (exact) mass is 444 g/mol. The van der Waals surface area contributed by atoms with Crippen LogP contribution in [-0.4, -0.2) is 56.3 Å². The van der Waals surface area contributed by atoms with Crippen LogP contribution in [0.3, 0.4) is 0 Å². The van der Waals surface area contributed by atoms with E-state index < -0.39 is 5.60 Å². The van der Waals surface area contributed by atoms with Gasteiger partial charge in [0.15, 0.2) is 5.96 Å². The van der Waals surface area contributed by atoms with Crippen LogP contribution in [0, 0.1) is 5.92 Å². The fourth-order valence-corrected chi connectivity index (χ4v) is 5.05. The molecule has 0 saturated carbocycles. The van der Waals surface area contributed by atoms with E-state index in [4.69, 9.17) is 4.74 Å². The van der Waals surface area contributed by atoms with E-state index in [2.05, 4.69) is 46.6 Å². The topological polar surface area (TPSA) is 69.1 Å². The van der Waals surface area contributed by atoms with Gasteiger partial charge >= 0.3 is 0 Å². The van der Waals surface area contributed by atoms with E-state index in [0.29, 0.717) is 18.5 Å². The molecule has 3 rings (SSSR count). The average molecular weight is 445 g/mol. The molecule has 1 fully saturated rings. The van der Waals surface area contributed by atoms with Gasteiger partial charge in [0.1, 0.15) is 11.4 Å². The first-order valence-corrected chi connectivity index (χ1v) is 11.9. The number of hydrogen-bond donors (Lipinski definition) is 3. The van der Waals surface area contributed by atoms with Gasteiger partial charge in [0, 0.05) is 24.0 Å². The predicted octanol–water partition coefficient (Wildman–Crippen LogP) is 3.60. The second-order valence-corrected chi connectivity index (χ2v) is 9.38. The number of rotatable bonds is 8. The maximum absolute atomic E-state index is 10.8. The number of nitrogens with zero attached hydrogens (tertiary/aromatic N) is 2. The van der Waals surface area contributed by atoms with E-state index in [1.165, 1.54) is 18.4 Å². The summed E-state index contributed by atoms with van der Waals surface area (Å²) in [5.41, 5.74) is 0.352. The highest BCUT2D eigenvalue weighted by Gasteiger charge is 2.31. The SMILES string of the molecule is CCNC(=NCC(C)(O)c1cccs1)NCC1CCCN(C)C1c1ccc(OC)cc1. The lowest BCUT2D eigenvalue weighted by atomic mass is 9.85. The van der Waals surface area contributed by atoms with Gasteiger partial charge in [-0.2, -0.15) is 0 Å². The zero-order chi connectivity index (χ0) is 22.3. The standard InChI is InChI=1S/C24H36N4O2S/c1-5-25-23(27-17-24(2,29)21-9-7-15-31-21)26-16-19-8-6-14-28(3)22(19)18-10-12-20(30-4)13-11-18/h7,9-13,15,19,22,29H,5-6,8,14,16-17H2,1-4H3,(H2,25,26,27). The van der Waals surface area contributed by atoms with Crippen molar-refractivity contribution in [2.75, 3.05) is 40.3 Å². The highest BCUT2D eigenvalue weighted by atomic mass is 32.1. The van der Waals surface area contributed by atoms with Gasteiger partial charge in [-0.25, -0.2) is 4.99 Å². The van der Waals surface area contributed by atoms with Gasteiger partial charge in [0.2, 0.25) is 0 Å². The number of benzene rings is 1. The number of hydrogen-bond acceptors (Lipinski definition) is 5. The average Bonchev–Trinajstić information content (AvgIpc) is 3.32. The lowest BCUT2D eigenvalue weighted by molar-refractivity contribution is 0.0711. The third-order valence-corrected chi connectivity index (χ3v) is 7.06. The quantitative estimate of drug-likeness (QED) is 0.429. The highest BCUT2D eigenvalue weighted by molar-refractivity contribution is 7.10. The molecule has 31 heavy (non-hydrogen) atoms. The number of ether oxygens (including phenoxy) is 1. The van der Waals surface area contributed by atoms with E-state index in [1.807, 2.05) is 36.6 Å². The fraction of sp³-hybridized carbons (Fsp3) is 0.542. The molecular formula is C24H36N4O2S. The van der Waals surface area contributed by atoms with E-state index >= 15 is 0 Å². The highest BCUT2D eigenvalue weighted by Crippen LogP contribution is 2.35. The summed E-state index contributed by atoms with van der Waals surface area (Å²) >= 11 is 1.56. The number of likely N-dealkylation sites (tertiary alicyclic amines) is 1. The van der Waals surface area contributed by atoms with Gasteiger partial charge in [-0.15, -0.1) is 11.3 Å². The first-order valence-electron chi connectivity index (χ1n) is 11.1. The number of guanidine groups is 1. The molecule has 2 aromatic rings. The molecule has 1 aliphatic heterocycles. The van der Waals surface area contributed by atoms with Crippen molar-refractivity contribution in [2.24, 2.45) is 10.9 Å². The first-order chi connectivity index (χ1) is 14.9. The normalized spacial score (nSPS) is 22.0. The van der Waals surface area contributed by atoms with Crippen molar-refractivity contribution >= 4 is 17.3 Å². The van der Waals surface area contributed by atoms with Gasteiger partial charge in [-0.05, 0) is 75.3 Å². The molecule has 1 aromatic carbocycles. The third kappa shape index (κ3) is 6.21. The van der Waals surface area contributed by atoms with Gasteiger partial charge < -0.3 is 20.5 Å². The summed E-state index contributed by atoms with van der Waals surface area (Å²) < 4.78 is 5.33. The minimum Gasteiger partial charge on any atom is -0.497 e. The summed E-state index contributed by atoms with van der Waals surface area (Å²) in [4.78, 5) is 8.06. The Morgan fingerprint density at radius 2 is 2.06 bits per heavy atom. The molecule has 1 aliphatic rings. The molecule has 2 heterocycles. The van der Waals surface area contributed by atoms with Crippen LogP contribution < -0.4 is 15.4 Å². The number of nitrogens with one attached hydrogen (secondary N) is 2. The Kier molecular flexibility index (Phi) is 8.35. The Morgan fingerprint density at radius 3 is 2.71 bits per heavy atom. The van der Waals surface area contributed by atoms with Crippen molar-refractivity contribution in [3.8, 4) is 5.75 Å². The van der Waals surface area contributed by atoms with Crippen LogP contribution in [0.25, 0.3) is 0 Å². The minimum atomic E-state index is -0.965. The fourth-order valence-electron chi connectivity index (χ4n) is 4.27. The summed E-state index contributed by atoms with van der Waals surface area (Å²) in [5.74, 6) is 2.10. The van der Waals surface area contributed by atoms with Crippen LogP contribution in [0.15, 0.2) is 46.8 Å². The molecule has 7 heteroatoms. The van der Waals surface area contributed by atoms with Crippen molar-refractivity contribution in [3.63, 3.8) is 0 Å². The molecule has 3 N–H and O–H groups in total. The zero-order valence-corrected chi connectivity index (χ0v) is 19.9. The second kappa shape index (κ2) is 11.0. The Labute approximate surface area is 190 Å². The van der Waals surface area contributed by atoms with Crippen LogP contribution in [0.5, 0.6) is 5.75 Å². The lowest BCUT2D eigenvalue weighted by Gasteiger charge is -2.40. The van der Waals surface area contributed by atoms with Gasteiger partial charge in [-0.3, -0.25) is 4.90 Å². The molecule has 6 nitrogen and oxygen atoms in total. The molecule has 1 aromatic heterocycles. The second-order valence-electron chi connectivity index (χ2n) is 8.43. The van der Waals surface area contributed by atoms with Crippen molar-refractivity contribution in [1.82, 2.24) is 15.5 Å². The smallest absolute Gasteiger partial charge is 0.191 e. The molecule has 0 radical (unpaired) electrons. The van der Waals surface area contributed by atoms with Gasteiger partial charge in [-0.1, -0.05) is 18.2 Å². The number of thiophene rings is 1. The molecule has 0 amide bonds. The Morgan fingerprint density at radius 1 is 1.29 bits per heavy atom. The maximum Gasteiger partial charge on any atom is 0.191 e. The lowest BCUT2D eigenvalue weighted by Crippen LogP contribution is -2.45. The molecule has 170 valence electrons. The first kappa shape index (κ1) is 23.6. The van der Waals surface area contributed by atoms with Crippen LogP contribution >= 0.6 is 11.3 Å². The Balaban J connectivity index is 1.68. The molecular weight excluding hydrogens is 408 g/mol. The number of methoxy groups -OCH3 is 1. The molecule has 3 atom stereocenters. The van der Waals surface area contributed by atoms with Crippen LogP contribution in [0.2, 0.25) is 0 Å². The van der Waals surface area contributed by atoms with Crippen molar-refractivity contribution in [2.45, 2.75) is 38.3 Å². The predicted molar refractivity (Wildman–Crippen MR) is 129 cm³/mol. The van der Waals surface area contributed by atoms with Crippen LogP contribution in [0.4, 0.5) is 0 Å². The van der Waals surface area contributed by atoms with Crippen molar-refractivity contribution in [3.05, 3.63) is 52.2 Å². The number of piperidine rings is 1. The Hall–Kier alpha value is -2.09. The summed E-state index contributed by atoms with van der Waals surface area (Å²) in [6.45, 7) is 6.90. The number of aliphatic imine (C=N–C) groups is 1. The largest absolute Gasteiger partial charge is 0.497 e. The van der Waals surface area contributed by atoms with E-state index in [1.54, 1.807) is 18.4 Å². The van der Waals surface area contributed by atoms with E-state index in [0.717, 1.165) is 36.2 Å². The molecule has 0 bridgehead atoms. The third-order valence-electron chi connectivity index (χ3n) is 5.94. The number of aliphatic hydroxyl groups is 1. The summed E-state index contributed by atoms with van der Waals surface area (Å²) in [7, 11) is 3.91. The van der Waals surface area contributed by atoms with E-state index in [-0.39, 0.29) is 0 Å². The van der Waals surface area contributed by atoms with Crippen LogP contribution in [-0.2, 0) is 5.60 Å². The summed E-state index contributed by atoms with van der Waals surface area (Å²) in [6.07, 6.45) is 2.36. The van der Waals surface area contributed by atoms with Gasteiger partial charge in [0.25, 0.3) is 0 Å². The molecule has 3 unspecified atom stereocenters. The van der Waals surface area contributed by atoms with E-state index in [9.17, 15) is 5.11 Å². The summed E-state index contributed by atoms with van der Waals surface area (Å²) in [5, 5.41) is 19.6. The Bertz CT molecular complexity index is 821. The molecule has 0 aliphatic carbocycles. The van der Waals surface area contributed by atoms with Gasteiger partial charge in [0.05, 0.1) is 13.7 Å². The summed E-state index contributed by atoms with van der Waals surface area (Å²) in [6, 6.07) is 12.7. The molecule has 1 saturated heterocycles. The van der Waals surface area contributed by atoms with Crippen molar-refractivity contribution < 1.29 is 9.84 Å². The molecule has 0 spiro atoms.